The molecule has 0 radical (unpaired) electrons. The highest BCUT2D eigenvalue weighted by Crippen LogP contribution is 2.36. The van der Waals surface area contributed by atoms with Crippen molar-refractivity contribution in [2.45, 2.75) is 6.18 Å². The Balaban J connectivity index is 2.23. The summed E-state index contributed by atoms with van der Waals surface area (Å²) in [5.74, 6) is 1.86. The van der Waals surface area contributed by atoms with Gasteiger partial charge in [0.05, 0.1) is 10.6 Å². The molecule has 0 spiro atoms. The number of rotatable bonds is 4. The predicted octanol–water partition coefficient (Wildman–Crippen LogP) is 4.81. The van der Waals surface area contributed by atoms with Gasteiger partial charge in [-0.15, -0.1) is 6.42 Å². The van der Waals surface area contributed by atoms with Crippen LogP contribution in [0, 0.1) is 12.3 Å². The van der Waals surface area contributed by atoms with Gasteiger partial charge >= 0.3 is 12.1 Å². The highest BCUT2D eigenvalue weighted by atomic mass is 35.5. The van der Waals surface area contributed by atoms with Crippen LogP contribution in [0.4, 0.5) is 13.2 Å². The summed E-state index contributed by atoms with van der Waals surface area (Å²) in [4.78, 5) is 11.3. The van der Waals surface area contributed by atoms with Gasteiger partial charge in [0.2, 0.25) is 0 Å². The molecule has 2 rings (SSSR count). The third-order valence-corrected chi connectivity index (χ3v) is 3.20. The van der Waals surface area contributed by atoms with Crippen molar-refractivity contribution in [3.8, 4) is 23.7 Å². The van der Waals surface area contributed by atoms with E-state index in [-0.39, 0.29) is 28.7 Å². The first-order valence-electron chi connectivity index (χ1n) is 6.56. The molecule has 1 heterocycles. The second-order valence-corrected chi connectivity index (χ2v) is 4.95. The average Bonchev–Trinajstić information content (AvgIpc) is 2.99. The van der Waals surface area contributed by atoms with Gasteiger partial charge < -0.3 is 9.15 Å². The summed E-state index contributed by atoms with van der Waals surface area (Å²) >= 11 is 5.94. The van der Waals surface area contributed by atoms with Crippen molar-refractivity contribution in [2.24, 2.45) is 0 Å². The van der Waals surface area contributed by atoms with Crippen LogP contribution in [0.5, 0.6) is 0 Å². The van der Waals surface area contributed by atoms with Gasteiger partial charge in [-0.2, -0.15) is 13.2 Å². The molecule has 0 bridgehead atoms. The summed E-state index contributed by atoms with van der Waals surface area (Å²) in [6, 6.07) is 5.87. The Bertz CT molecular complexity index is 813. The largest absolute Gasteiger partial charge is 0.457 e. The first kappa shape index (κ1) is 17.7. The second-order valence-electron chi connectivity index (χ2n) is 4.54. The third kappa shape index (κ3) is 4.43. The summed E-state index contributed by atoms with van der Waals surface area (Å²) in [5.41, 5.74) is -0.741. The molecule has 0 aliphatic carbocycles. The van der Waals surface area contributed by atoms with Crippen LogP contribution in [0.25, 0.3) is 17.4 Å². The first-order chi connectivity index (χ1) is 11.3. The Kier molecular flexibility index (Phi) is 5.37. The lowest BCUT2D eigenvalue weighted by Crippen LogP contribution is -2.04. The number of hydrogen-bond acceptors (Lipinski definition) is 3. The molecule has 0 N–H and O–H groups in total. The van der Waals surface area contributed by atoms with Gasteiger partial charge in [0.1, 0.15) is 11.5 Å². The minimum Gasteiger partial charge on any atom is -0.457 e. The van der Waals surface area contributed by atoms with Crippen molar-refractivity contribution in [1.29, 1.82) is 0 Å². The van der Waals surface area contributed by atoms with Crippen LogP contribution in [0.1, 0.15) is 11.3 Å². The van der Waals surface area contributed by atoms with Crippen LogP contribution in [0.2, 0.25) is 5.02 Å². The molecule has 24 heavy (non-hydrogen) atoms. The van der Waals surface area contributed by atoms with E-state index >= 15 is 0 Å². The maximum atomic E-state index is 12.8. The molecule has 1 aromatic heterocycles. The summed E-state index contributed by atoms with van der Waals surface area (Å²) in [6.07, 6.45) is 2.86. The molecule has 0 saturated carbocycles. The zero-order valence-corrected chi connectivity index (χ0v) is 12.8. The third-order valence-electron chi connectivity index (χ3n) is 2.87. The fourth-order valence-electron chi connectivity index (χ4n) is 1.79. The van der Waals surface area contributed by atoms with Crippen molar-refractivity contribution < 1.29 is 27.1 Å². The fourth-order valence-corrected chi connectivity index (χ4v) is 2.00. The van der Waals surface area contributed by atoms with E-state index in [0.717, 1.165) is 24.3 Å². The molecule has 7 heteroatoms. The van der Waals surface area contributed by atoms with Crippen molar-refractivity contribution >= 4 is 23.6 Å². The number of furan rings is 1. The maximum absolute atomic E-state index is 12.8. The van der Waals surface area contributed by atoms with E-state index < -0.39 is 17.7 Å². The zero-order valence-electron chi connectivity index (χ0n) is 12.1. The van der Waals surface area contributed by atoms with Crippen LogP contribution in [0.3, 0.4) is 0 Å². The van der Waals surface area contributed by atoms with Gasteiger partial charge in [0.25, 0.3) is 0 Å². The lowest BCUT2D eigenvalue weighted by atomic mass is 10.1. The minimum atomic E-state index is -4.49. The monoisotopic (exact) mass is 354 g/mol. The van der Waals surface area contributed by atoms with Crippen LogP contribution in [-0.4, -0.2) is 12.6 Å². The molecular weight excluding hydrogens is 345 g/mol. The van der Waals surface area contributed by atoms with Gasteiger partial charge in [-0.1, -0.05) is 17.5 Å². The van der Waals surface area contributed by atoms with Crippen molar-refractivity contribution in [3.05, 3.63) is 52.8 Å². The zero-order chi connectivity index (χ0) is 17.7. The predicted molar refractivity (Wildman–Crippen MR) is 83.0 cm³/mol. The molecule has 0 saturated heterocycles. The number of alkyl halides is 3. The second kappa shape index (κ2) is 7.28. The topological polar surface area (TPSA) is 39.4 Å². The van der Waals surface area contributed by atoms with E-state index in [1.54, 1.807) is 0 Å². The normalized spacial score (nSPS) is 11.5. The number of halogens is 4. The number of terminal acetylenes is 1. The van der Waals surface area contributed by atoms with Gasteiger partial charge in [-0.05, 0) is 36.4 Å². The van der Waals surface area contributed by atoms with Crippen LogP contribution in [-0.2, 0) is 15.7 Å². The van der Waals surface area contributed by atoms with Gasteiger partial charge in [-0.25, -0.2) is 4.79 Å². The lowest BCUT2D eigenvalue weighted by molar-refractivity contribution is -0.138. The molecule has 124 valence electrons. The number of carbonyl (C=O) groups is 1. The molecular formula is C17H10ClF3O3. The smallest absolute Gasteiger partial charge is 0.416 e. The highest BCUT2D eigenvalue weighted by Gasteiger charge is 2.31. The Morgan fingerprint density at radius 1 is 1.33 bits per heavy atom. The van der Waals surface area contributed by atoms with Crippen LogP contribution in [0.15, 0.2) is 40.8 Å². The van der Waals surface area contributed by atoms with E-state index in [4.69, 9.17) is 22.4 Å². The average molecular weight is 355 g/mol. The van der Waals surface area contributed by atoms with Gasteiger partial charge in [0.15, 0.2) is 6.61 Å². The molecule has 0 atom stereocenters. The Morgan fingerprint density at radius 3 is 2.75 bits per heavy atom. The summed E-state index contributed by atoms with van der Waals surface area (Å²) in [5, 5.41) is 0.112. The van der Waals surface area contributed by atoms with E-state index in [0.29, 0.717) is 0 Å². The Morgan fingerprint density at radius 2 is 2.08 bits per heavy atom. The number of benzene rings is 1. The summed E-state index contributed by atoms with van der Waals surface area (Å²) < 4.78 is 48.4. The quantitative estimate of drug-likeness (QED) is 0.449. The lowest BCUT2D eigenvalue weighted by Gasteiger charge is -2.09. The molecule has 2 aromatic rings. The van der Waals surface area contributed by atoms with E-state index in [9.17, 15) is 18.0 Å². The van der Waals surface area contributed by atoms with Gasteiger partial charge in [0, 0.05) is 11.6 Å². The highest BCUT2D eigenvalue weighted by molar-refractivity contribution is 6.33. The standard InChI is InChI=1S/C17H10ClF3O3/c1-2-9-23-16(22)8-5-12-4-7-15(24-12)13-10-11(17(19,20)21)3-6-14(13)18/h1,3-8,10H,9H2/b8-5+. The van der Waals surface area contributed by atoms with E-state index in [2.05, 4.69) is 10.7 Å². The molecule has 1 aromatic carbocycles. The number of ether oxygens (including phenoxy) is 1. The van der Waals surface area contributed by atoms with Crippen molar-refractivity contribution in [2.75, 3.05) is 6.61 Å². The van der Waals surface area contributed by atoms with E-state index in [1.165, 1.54) is 18.2 Å². The van der Waals surface area contributed by atoms with E-state index in [1.807, 2.05) is 0 Å². The summed E-state index contributed by atoms with van der Waals surface area (Å²) in [7, 11) is 0. The molecule has 0 amide bonds. The fraction of sp³-hybridized carbons (Fsp3) is 0.118. The molecule has 3 nitrogen and oxygen atoms in total. The van der Waals surface area contributed by atoms with Gasteiger partial charge in [-0.3, -0.25) is 0 Å². The van der Waals surface area contributed by atoms with Crippen LogP contribution >= 0.6 is 11.6 Å². The Hall–Kier alpha value is -2.65. The molecule has 0 aliphatic heterocycles. The Labute approximate surface area is 140 Å². The van der Waals surface area contributed by atoms with Crippen molar-refractivity contribution in [1.82, 2.24) is 0 Å². The number of esters is 1. The number of carbonyl (C=O) groups excluding carboxylic acids is 1. The SMILES string of the molecule is C#CCOC(=O)/C=C/c1ccc(-c2cc(C(F)(F)F)ccc2Cl)o1. The van der Waals surface area contributed by atoms with Crippen LogP contribution < -0.4 is 0 Å². The van der Waals surface area contributed by atoms with Crippen molar-refractivity contribution in [3.63, 3.8) is 0 Å². The first-order valence-corrected chi connectivity index (χ1v) is 6.94. The molecule has 0 aliphatic rings. The molecule has 0 unspecified atom stereocenters. The molecule has 0 fully saturated rings. The minimum absolute atomic E-state index is 0.0982. The summed E-state index contributed by atoms with van der Waals surface area (Å²) in [6.45, 7) is -0.160. The number of hydrogen-bond donors (Lipinski definition) is 0. The maximum Gasteiger partial charge on any atom is 0.416 e.